The van der Waals surface area contributed by atoms with Gasteiger partial charge in [-0.15, -0.1) is 11.6 Å². The van der Waals surface area contributed by atoms with Crippen molar-refractivity contribution in [1.82, 2.24) is 0 Å². The number of fused-ring (bicyclic) bond motifs is 1. The zero-order valence-corrected chi connectivity index (χ0v) is 13.4. The molecule has 0 bridgehead atoms. The van der Waals surface area contributed by atoms with Crippen LogP contribution in [-0.2, 0) is 5.41 Å². The molecule has 0 fully saturated rings. The minimum Gasteiger partial charge on any atom is -0.490 e. The Morgan fingerprint density at radius 2 is 1.89 bits per heavy atom. The second kappa shape index (κ2) is 5.41. The molecule has 0 saturated carbocycles. The average Bonchev–Trinajstić information content (AvgIpc) is 2.55. The monoisotopic (exact) mass is 302 g/mol. The molecule has 2 nitrogen and oxygen atoms in total. The first-order valence-electron chi connectivity index (χ1n) is 6.68. The van der Waals surface area contributed by atoms with Gasteiger partial charge < -0.3 is 9.47 Å². The van der Waals surface area contributed by atoms with Gasteiger partial charge in [-0.25, -0.2) is 0 Å². The van der Waals surface area contributed by atoms with Gasteiger partial charge in [0.05, 0.1) is 18.6 Å². The summed E-state index contributed by atoms with van der Waals surface area (Å²) in [4.78, 5) is 0. The molecule has 0 aromatic heterocycles. The summed E-state index contributed by atoms with van der Waals surface area (Å²) >= 11 is 13.0. The summed E-state index contributed by atoms with van der Waals surface area (Å²) in [5.74, 6) is 1.45. The first-order valence-corrected chi connectivity index (χ1v) is 7.50. The maximum absolute atomic E-state index is 6.52. The molecule has 106 valence electrons. The maximum atomic E-state index is 6.52. The van der Waals surface area contributed by atoms with E-state index in [0.717, 1.165) is 28.3 Å². The van der Waals surface area contributed by atoms with Gasteiger partial charge in [-0.05, 0) is 31.2 Å². The number of hydrogen-bond acceptors (Lipinski definition) is 2. The number of alkyl halides is 1. The Morgan fingerprint density at radius 1 is 1.26 bits per heavy atom. The number of ether oxygens (including phenoxy) is 2. The van der Waals surface area contributed by atoms with Gasteiger partial charge in [-0.2, -0.15) is 0 Å². The third-order valence-electron chi connectivity index (χ3n) is 3.50. The molecule has 0 aliphatic heterocycles. The molecule has 1 atom stereocenters. The first kappa shape index (κ1) is 14.8. The van der Waals surface area contributed by atoms with Crippen LogP contribution in [0.2, 0.25) is 5.02 Å². The summed E-state index contributed by atoms with van der Waals surface area (Å²) < 4.78 is 11.4. The van der Waals surface area contributed by atoms with Gasteiger partial charge in [-0.3, -0.25) is 0 Å². The Kier molecular flexibility index (Phi) is 4.22. The van der Waals surface area contributed by atoms with Crippen molar-refractivity contribution in [3.63, 3.8) is 0 Å². The third-order valence-corrected chi connectivity index (χ3v) is 4.17. The molecule has 0 spiro atoms. The molecular formula is C15H20Cl2O2. The molecule has 2 rings (SSSR count). The van der Waals surface area contributed by atoms with Gasteiger partial charge in [-0.1, -0.05) is 25.4 Å². The molecule has 1 aromatic carbocycles. The van der Waals surface area contributed by atoms with Crippen molar-refractivity contribution in [2.24, 2.45) is 0 Å². The highest BCUT2D eigenvalue weighted by atomic mass is 35.5. The predicted octanol–water partition coefficient (Wildman–Crippen LogP) is 5.10. The molecule has 1 aliphatic carbocycles. The van der Waals surface area contributed by atoms with E-state index in [-0.39, 0.29) is 10.8 Å². The normalized spacial score (nSPS) is 20.2. The molecule has 0 saturated heterocycles. The largest absolute Gasteiger partial charge is 0.490 e. The molecule has 4 heteroatoms. The smallest absolute Gasteiger partial charge is 0.166 e. The van der Waals surface area contributed by atoms with E-state index in [1.807, 2.05) is 19.9 Å². The number of benzene rings is 1. The van der Waals surface area contributed by atoms with Crippen molar-refractivity contribution >= 4 is 23.2 Å². The molecule has 0 amide bonds. The SMILES string of the molecule is CCOc1cc(Cl)c2c(c1OCC)C(Cl)CC2(C)C. The van der Waals surface area contributed by atoms with Gasteiger partial charge in [0.25, 0.3) is 0 Å². The summed E-state index contributed by atoms with van der Waals surface area (Å²) in [7, 11) is 0. The van der Waals surface area contributed by atoms with Crippen molar-refractivity contribution in [2.45, 2.75) is 44.9 Å². The van der Waals surface area contributed by atoms with Crippen LogP contribution in [0.1, 0.15) is 50.6 Å². The lowest BCUT2D eigenvalue weighted by Gasteiger charge is -2.22. The Bertz CT molecular complexity index is 484. The van der Waals surface area contributed by atoms with Crippen LogP contribution in [-0.4, -0.2) is 13.2 Å². The van der Waals surface area contributed by atoms with Crippen molar-refractivity contribution in [1.29, 1.82) is 0 Å². The van der Waals surface area contributed by atoms with Crippen molar-refractivity contribution in [3.8, 4) is 11.5 Å². The van der Waals surface area contributed by atoms with Gasteiger partial charge >= 0.3 is 0 Å². The van der Waals surface area contributed by atoms with Crippen molar-refractivity contribution in [2.75, 3.05) is 13.2 Å². The fourth-order valence-electron chi connectivity index (χ4n) is 2.82. The van der Waals surface area contributed by atoms with Crippen LogP contribution in [0.4, 0.5) is 0 Å². The Morgan fingerprint density at radius 3 is 2.47 bits per heavy atom. The molecule has 1 aromatic rings. The Balaban J connectivity index is 2.66. The highest BCUT2D eigenvalue weighted by Gasteiger charge is 2.41. The lowest BCUT2D eigenvalue weighted by Crippen LogP contribution is -2.13. The number of rotatable bonds is 4. The van der Waals surface area contributed by atoms with E-state index in [4.69, 9.17) is 32.7 Å². The number of halogens is 2. The minimum absolute atomic E-state index is 0.0323. The molecule has 1 aliphatic rings. The molecule has 19 heavy (non-hydrogen) atoms. The topological polar surface area (TPSA) is 18.5 Å². The quantitative estimate of drug-likeness (QED) is 0.721. The fourth-order valence-corrected chi connectivity index (χ4v) is 3.87. The Hall–Kier alpha value is -0.600. The van der Waals surface area contributed by atoms with E-state index in [2.05, 4.69) is 13.8 Å². The van der Waals surface area contributed by atoms with Crippen LogP contribution in [0.25, 0.3) is 0 Å². The lowest BCUT2D eigenvalue weighted by atomic mass is 9.86. The van der Waals surface area contributed by atoms with Crippen LogP contribution < -0.4 is 9.47 Å². The zero-order valence-electron chi connectivity index (χ0n) is 11.8. The van der Waals surface area contributed by atoms with Crippen molar-refractivity contribution < 1.29 is 9.47 Å². The Labute approximate surface area is 125 Å². The maximum Gasteiger partial charge on any atom is 0.166 e. The van der Waals surface area contributed by atoms with Gasteiger partial charge in [0, 0.05) is 16.7 Å². The number of hydrogen-bond donors (Lipinski definition) is 0. The van der Waals surface area contributed by atoms with Crippen molar-refractivity contribution in [3.05, 3.63) is 22.2 Å². The highest BCUT2D eigenvalue weighted by molar-refractivity contribution is 6.32. The van der Waals surface area contributed by atoms with E-state index < -0.39 is 0 Å². The van der Waals surface area contributed by atoms with Gasteiger partial charge in [0.2, 0.25) is 0 Å². The van der Waals surface area contributed by atoms with Gasteiger partial charge in [0.1, 0.15) is 0 Å². The van der Waals surface area contributed by atoms with E-state index >= 15 is 0 Å². The van der Waals surface area contributed by atoms with Crippen LogP contribution in [0, 0.1) is 0 Å². The van der Waals surface area contributed by atoms with Crippen LogP contribution in [0.3, 0.4) is 0 Å². The summed E-state index contributed by atoms with van der Waals surface area (Å²) in [5.41, 5.74) is 2.07. The summed E-state index contributed by atoms with van der Waals surface area (Å²) in [6.45, 7) is 9.38. The third kappa shape index (κ3) is 2.53. The van der Waals surface area contributed by atoms with E-state index in [1.54, 1.807) is 0 Å². The summed E-state index contributed by atoms with van der Waals surface area (Å²) in [6, 6.07) is 1.85. The molecule has 0 N–H and O–H groups in total. The summed E-state index contributed by atoms with van der Waals surface area (Å²) in [6.07, 6.45) is 0.860. The van der Waals surface area contributed by atoms with E-state index in [1.165, 1.54) is 0 Å². The van der Waals surface area contributed by atoms with Crippen LogP contribution in [0.15, 0.2) is 6.07 Å². The molecular weight excluding hydrogens is 283 g/mol. The van der Waals surface area contributed by atoms with E-state index in [9.17, 15) is 0 Å². The van der Waals surface area contributed by atoms with Crippen LogP contribution in [0.5, 0.6) is 11.5 Å². The molecule has 0 radical (unpaired) electrons. The highest BCUT2D eigenvalue weighted by Crippen LogP contribution is 2.56. The molecule has 1 unspecified atom stereocenters. The van der Waals surface area contributed by atoms with Crippen LogP contribution >= 0.6 is 23.2 Å². The summed E-state index contributed by atoms with van der Waals surface area (Å²) in [5, 5.41) is 0.638. The first-order chi connectivity index (χ1) is 8.92. The van der Waals surface area contributed by atoms with Gasteiger partial charge in [0.15, 0.2) is 11.5 Å². The lowest BCUT2D eigenvalue weighted by molar-refractivity contribution is 0.285. The van der Waals surface area contributed by atoms with E-state index in [0.29, 0.717) is 19.0 Å². The second-order valence-electron chi connectivity index (χ2n) is 5.40. The predicted molar refractivity (Wildman–Crippen MR) is 80.0 cm³/mol. The molecule has 0 heterocycles. The zero-order chi connectivity index (χ0) is 14.2. The minimum atomic E-state index is -0.0792. The second-order valence-corrected chi connectivity index (χ2v) is 6.33. The fraction of sp³-hybridized carbons (Fsp3) is 0.600. The standard InChI is InChI=1S/C15H20Cl2O2/c1-5-18-11-7-9(16)13-12(14(11)19-6-2)10(17)8-15(13,3)4/h7,10H,5-6,8H2,1-4H3. The average molecular weight is 303 g/mol.